The smallest absolute Gasteiger partial charge is 0.176 e. The van der Waals surface area contributed by atoms with Gasteiger partial charge in [0.1, 0.15) is 34.3 Å². The molecule has 0 aliphatic rings. The Kier molecular flexibility index (Phi) is 13.8. The molecule has 1 N–H and O–H groups in total. The van der Waals surface area contributed by atoms with Crippen LogP contribution in [-0.4, -0.2) is 44.6 Å². The van der Waals surface area contributed by atoms with Crippen molar-refractivity contribution in [3.05, 3.63) is 143 Å². The lowest BCUT2D eigenvalue weighted by atomic mass is 9.86. The van der Waals surface area contributed by atoms with Crippen molar-refractivity contribution in [2.24, 2.45) is 0 Å². The fraction of sp³-hybridized carbons (Fsp3) is 0.348. The standard InChI is InChI=1S/C46H56N5O8/c1-12-47-48(36-19-29-39(30-20-36)56-46(10,11)51(54)59-40-23-13-33(2)14-24-40)37-21-31-42(32-22-37)58-50(53)44(6,7)45(8,9)55-38-25-15-34(16-26-38)35-17-27-41(28-18-35)57-49(52)43(3,4)5/h13-32,47H,12H2,1-11H3/q-3. The van der Waals surface area contributed by atoms with Gasteiger partial charge >= 0.3 is 0 Å². The lowest BCUT2D eigenvalue weighted by molar-refractivity contribution is -0.175. The van der Waals surface area contributed by atoms with Crippen LogP contribution in [0.15, 0.2) is 121 Å². The quantitative estimate of drug-likeness (QED) is 0.0664. The van der Waals surface area contributed by atoms with Crippen molar-refractivity contribution in [1.82, 2.24) is 21.1 Å². The van der Waals surface area contributed by atoms with Crippen molar-refractivity contribution >= 4 is 11.4 Å². The fourth-order valence-electron chi connectivity index (χ4n) is 5.45. The summed E-state index contributed by atoms with van der Waals surface area (Å²) in [5.41, 5.74) is 3.80. The number of hydrazine groups is 1. The number of anilines is 2. The van der Waals surface area contributed by atoms with Crippen molar-refractivity contribution < 1.29 is 24.0 Å². The van der Waals surface area contributed by atoms with Crippen LogP contribution in [0.2, 0.25) is 0 Å². The lowest BCUT2D eigenvalue weighted by Gasteiger charge is -2.50. The highest BCUT2D eigenvalue weighted by atomic mass is 16.9. The van der Waals surface area contributed by atoms with Gasteiger partial charge in [0.25, 0.3) is 0 Å². The minimum atomic E-state index is -1.32. The summed E-state index contributed by atoms with van der Waals surface area (Å²) in [5.74, 6) is 2.29. The second-order valence-electron chi connectivity index (χ2n) is 16.6. The van der Waals surface area contributed by atoms with Gasteiger partial charge < -0.3 is 39.6 Å². The molecule has 0 aliphatic carbocycles. The molecule has 13 heteroatoms. The number of benzene rings is 5. The van der Waals surface area contributed by atoms with Gasteiger partial charge in [-0.2, -0.15) is 5.23 Å². The zero-order valence-electron chi connectivity index (χ0n) is 35.8. The summed E-state index contributed by atoms with van der Waals surface area (Å²) >= 11 is 0. The number of rotatable bonds is 18. The van der Waals surface area contributed by atoms with Crippen LogP contribution < -0.4 is 34.4 Å². The predicted molar refractivity (Wildman–Crippen MR) is 233 cm³/mol. The Balaban J connectivity index is 1.18. The predicted octanol–water partition coefficient (Wildman–Crippen LogP) is 10.9. The minimum absolute atomic E-state index is 0.354. The number of hydrogen-bond donors (Lipinski definition) is 1. The van der Waals surface area contributed by atoms with Gasteiger partial charge in [0, 0.05) is 12.1 Å². The second kappa shape index (κ2) is 18.3. The first-order valence-corrected chi connectivity index (χ1v) is 19.5. The topological polar surface area (TPSA) is 140 Å². The van der Waals surface area contributed by atoms with Crippen LogP contribution in [0.3, 0.4) is 0 Å². The average molecular weight is 807 g/mol. The third-order valence-corrected chi connectivity index (χ3v) is 9.79. The van der Waals surface area contributed by atoms with Crippen LogP contribution in [-0.2, 0) is 0 Å². The van der Waals surface area contributed by atoms with Gasteiger partial charge in [0.15, 0.2) is 5.72 Å². The molecular weight excluding hydrogens is 751 g/mol. The maximum absolute atomic E-state index is 13.6. The maximum Gasteiger partial charge on any atom is 0.176 e. The van der Waals surface area contributed by atoms with Gasteiger partial charge in [-0.15, -0.1) is 0 Å². The third-order valence-electron chi connectivity index (χ3n) is 9.79. The van der Waals surface area contributed by atoms with Gasteiger partial charge in [0.05, 0.1) is 16.9 Å². The van der Waals surface area contributed by atoms with E-state index in [1.807, 2.05) is 106 Å². The number of ether oxygens (including phenoxy) is 2. The number of hydroxylamine groups is 6. The first-order valence-electron chi connectivity index (χ1n) is 19.5. The molecule has 0 aromatic heterocycles. The Bertz CT molecular complexity index is 2070. The Labute approximate surface area is 348 Å². The molecular formula is C46H56N5O8-3. The molecule has 0 atom stereocenters. The molecule has 0 heterocycles. The summed E-state index contributed by atoms with van der Waals surface area (Å²) < 4.78 is 12.4. The van der Waals surface area contributed by atoms with Crippen LogP contribution in [0.5, 0.6) is 28.7 Å². The van der Waals surface area contributed by atoms with Crippen LogP contribution >= 0.6 is 0 Å². The maximum atomic E-state index is 13.6. The molecule has 0 amide bonds. The SMILES string of the molecule is CCNN(c1ccc(ON([O-])C(C)(C)C(C)(C)Oc2ccc(-c3ccc(ON([O-])C(C)(C)C)cc3)cc2)cc1)c1ccc(OC(C)(C)N([O-])Oc2ccc(C)cc2)cc1. The molecule has 5 rings (SSSR count). The third kappa shape index (κ3) is 11.4. The summed E-state index contributed by atoms with van der Waals surface area (Å²) in [6, 6.07) is 36.5. The molecule has 0 unspecified atom stereocenters. The van der Waals surface area contributed by atoms with Gasteiger partial charge in [0.2, 0.25) is 0 Å². The number of nitrogens with zero attached hydrogens (tertiary/aromatic N) is 4. The first-order chi connectivity index (χ1) is 27.7. The number of nitrogens with one attached hydrogen (secondary N) is 1. The number of hydrogen-bond acceptors (Lipinski definition) is 13. The Morgan fingerprint density at radius 1 is 0.475 bits per heavy atom. The van der Waals surface area contributed by atoms with E-state index in [1.54, 1.807) is 97.0 Å². The Morgan fingerprint density at radius 3 is 1.31 bits per heavy atom. The molecule has 0 bridgehead atoms. The second-order valence-corrected chi connectivity index (χ2v) is 16.6. The highest BCUT2D eigenvalue weighted by Gasteiger charge is 2.42. The Hall–Kier alpha value is -5.38. The van der Waals surface area contributed by atoms with Gasteiger partial charge in [-0.25, -0.2) is 15.9 Å². The van der Waals surface area contributed by atoms with E-state index in [-0.39, 0.29) is 0 Å². The Morgan fingerprint density at radius 2 is 0.847 bits per heavy atom. The first kappa shape index (κ1) is 44.7. The van der Waals surface area contributed by atoms with E-state index in [9.17, 15) is 15.6 Å². The highest BCUT2D eigenvalue weighted by molar-refractivity contribution is 5.65. The summed E-state index contributed by atoms with van der Waals surface area (Å²) in [6.07, 6.45) is 0. The zero-order valence-corrected chi connectivity index (χ0v) is 35.8. The summed E-state index contributed by atoms with van der Waals surface area (Å²) in [7, 11) is 0. The van der Waals surface area contributed by atoms with Crippen LogP contribution in [0.4, 0.5) is 11.4 Å². The molecule has 13 nitrogen and oxygen atoms in total. The van der Waals surface area contributed by atoms with Crippen LogP contribution in [0, 0.1) is 22.5 Å². The summed E-state index contributed by atoms with van der Waals surface area (Å²) in [5, 5.41) is 42.1. The lowest BCUT2D eigenvalue weighted by Crippen LogP contribution is -2.59. The molecule has 0 fully saturated rings. The van der Waals surface area contributed by atoms with E-state index in [0.717, 1.165) is 28.1 Å². The molecule has 5 aromatic carbocycles. The van der Waals surface area contributed by atoms with Crippen molar-refractivity contribution in [2.45, 2.75) is 98.6 Å². The van der Waals surface area contributed by atoms with E-state index >= 15 is 0 Å². The summed E-state index contributed by atoms with van der Waals surface area (Å²) in [6.45, 7) is 20.4. The van der Waals surface area contributed by atoms with E-state index in [2.05, 4.69) is 5.43 Å². The average Bonchev–Trinajstić information content (AvgIpc) is 3.18. The van der Waals surface area contributed by atoms with Crippen molar-refractivity contribution in [3.8, 4) is 39.9 Å². The minimum Gasteiger partial charge on any atom is -0.752 e. The molecule has 0 radical (unpaired) electrons. The monoisotopic (exact) mass is 806 g/mol. The van der Waals surface area contributed by atoms with Crippen molar-refractivity contribution in [3.63, 3.8) is 0 Å². The summed E-state index contributed by atoms with van der Waals surface area (Å²) in [4.78, 5) is 16.7. The van der Waals surface area contributed by atoms with Crippen LogP contribution in [0.25, 0.3) is 11.1 Å². The van der Waals surface area contributed by atoms with Gasteiger partial charge in [-0.05, 0) is 165 Å². The normalized spacial score (nSPS) is 12.5. The van der Waals surface area contributed by atoms with E-state index in [4.69, 9.17) is 24.0 Å². The molecule has 0 saturated heterocycles. The fourth-order valence-corrected chi connectivity index (χ4v) is 5.45. The van der Waals surface area contributed by atoms with E-state index in [0.29, 0.717) is 51.0 Å². The molecule has 316 valence electrons. The molecule has 0 spiro atoms. The largest absolute Gasteiger partial charge is 0.752 e. The zero-order chi connectivity index (χ0) is 43.2. The van der Waals surface area contributed by atoms with E-state index in [1.165, 1.54) is 0 Å². The molecule has 0 saturated carbocycles. The molecule has 5 aromatic rings. The van der Waals surface area contributed by atoms with Crippen LogP contribution in [0.1, 0.15) is 74.8 Å². The molecule has 0 aliphatic heterocycles. The molecule has 59 heavy (non-hydrogen) atoms. The highest BCUT2D eigenvalue weighted by Crippen LogP contribution is 2.36. The van der Waals surface area contributed by atoms with Gasteiger partial charge in [-0.3, -0.25) is 5.01 Å². The number of aryl methyl sites for hydroxylation is 1. The van der Waals surface area contributed by atoms with Crippen molar-refractivity contribution in [1.29, 1.82) is 0 Å². The van der Waals surface area contributed by atoms with Gasteiger partial charge in [-0.1, -0.05) is 48.9 Å². The van der Waals surface area contributed by atoms with Crippen molar-refractivity contribution in [2.75, 3.05) is 11.6 Å². The van der Waals surface area contributed by atoms with E-state index < -0.39 is 22.4 Å².